The van der Waals surface area contributed by atoms with Crippen molar-refractivity contribution in [1.29, 1.82) is 0 Å². The summed E-state index contributed by atoms with van der Waals surface area (Å²) in [5.74, 6) is 0. The van der Waals surface area contributed by atoms with E-state index in [0.717, 1.165) is 18.7 Å². The third-order valence-corrected chi connectivity index (χ3v) is 4.03. The number of β-amino-alcohol motifs (C(OH)–C–C–N with tert-alkyl or cyclic N) is 1. The second kappa shape index (κ2) is 5.66. The Balaban J connectivity index is 1.81. The Morgan fingerprint density at radius 1 is 1.10 bits per heavy atom. The third-order valence-electron chi connectivity index (χ3n) is 4.03. The number of rotatable bonds is 3. The summed E-state index contributed by atoms with van der Waals surface area (Å²) >= 11 is 0. The number of aliphatic hydroxyl groups excluding tert-OH is 1. The molecule has 0 spiro atoms. The van der Waals surface area contributed by atoms with Gasteiger partial charge in [-0.2, -0.15) is 0 Å². The molecule has 0 amide bonds. The van der Waals surface area contributed by atoms with Gasteiger partial charge in [0.2, 0.25) is 0 Å². The standard InChI is InChI=1S/C17H21N3O/c1-19-9-10-20(16-8-3-2-7-15(16)19)12-17(21)13-5-4-6-14(18)11-13/h2-8,11,17,21H,9-10,12,18H2,1H3. The number of benzene rings is 2. The van der Waals surface area contributed by atoms with Crippen molar-refractivity contribution in [1.82, 2.24) is 0 Å². The van der Waals surface area contributed by atoms with Crippen LogP contribution in [0.25, 0.3) is 0 Å². The van der Waals surface area contributed by atoms with Crippen molar-refractivity contribution >= 4 is 17.1 Å². The number of nitrogens with two attached hydrogens (primary N) is 1. The summed E-state index contributed by atoms with van der Waals surface area (Å²) in [5.41, 5.74) is 9.73. The lowest BCUT2D eigenvalue weighted by atomic mass is 10.1. The molecule has 2 aromatic carbocycles. The van der Waals surface area contributed by atoms with Crippen LogP contribution < -0.4 is 15.5 Å². The molecule has 1 aliphatic heterocycles. The first-order chi connectivity index (χ1) is 10.1. The number of nitrogen functional groups attached to an aromatic ring is 1. The minimum absolute atomic E-state index is 0.537. The highest BCUT2D eigenvalue weighted by Gasteiger charge is 2.22. The Morgan fingerprint density at radius 3 is 2.62 bits per heavy atom. The van der Waals surface area contributed by atoms with E-state index in [-0.39, 0.29) is 0 Å². The molecule has 0 aliphatic carbocycles. The lowest BCUT2D eigenvalue weighted by Gasteiger charge is -2.38. The van der Waals surface area contributed by atoms with E-state index in [0.29, 0.717) is 12.2 Å². The first-order valence-corrected chi connectivity index (χ1v) is 7.24. The van der Waals surface area contributed by atoms with Gasteiger partial charge in [-0.3, -0.25) is 0 Å². The van der Waals surface area contributed by atoms with Crippen molar-refractivity contribution in [2.24, 2.45) is 0 Å². The average molecular weight is 283 g/mol. The van der Waals surface area contributed by atoms with Gasteiger partial charge in [0.05, 0.1) is 17.5 Å². The predicted octanol–water partition coefficient (Wildman–Crippen LogP) is 2.26. The summed E-state index contributed by atoms with van der Waals surface area (Å²) in [6, 6.07) is 15.8. The fourth-order valence-electron chi connectivity index (χ4n) is 2.84. The summed E-state index contributed by atoms with van der Waals surface area (Å²) in [6.45, 7) is 2.45. The Morgan fingerprint density at radius 2 is 1.86 bits per heavy atom. The molecule has 0 aromatic heterocycles. The Labute approximate surface area is 125 Å². The highest BCUT2D eigenvalue weighted by Crippen LogP contribution is 2.33. The quantitative estimate of drug-likeness (QED) is 0.848. The van der Waals surface area contributed by atoms with Crippen molar-refractivity contribution in [2.75, 3.05) is 42.2 Å². The number of fused-ring (bicyclic) bond motifs is 1. The summed E-state index contributed by atoms with van der Waals surface area (Å²) < 4.78 is 0. The van der Waals surface area contributed by atoms with Crippen LogP contribution in [-0.2, 0) is 0 Å². The van der Waals surface area contributed by atoms with Gasteiger partial charge in [-0.05, 0) is 29.8 Å². The molecule has 0 radical (unpaired) electrons. The molecule has 21 heavy (non-hydrogen) atoms. The van der Waals surface area contributed by atoms with Gasteiger partial charge in [0.15, 0.2) is 0 Å². The second-order valence-corrected chi connectivity index (χ2v) is 5.54. The van der Waals surface area contributed by atoms with Crippen molar-refractivity contribution in [2.45, 2.75) is 6.10 Å². The molecule has 0 fully saturated rings. The number of hydrogen-bond donors (Lipinski definition) is 2. The van der Waals surface area contributed by atoms with E-state index in [9.17, 15) is 5.11 Å². The van der Waals surface area contributed by atoms with E-state index in [1.54, 1.807) is 0 Å². The minimum Gasteiger partial charge on any atom is -0.399 e. The fraction of sp³-hybridized carbons (Fsp3) is 0.294. The molecule has 3 N–H and O–H groups in total. The normalized spacial score (nSPS) is 15.7. The van der Waals surface area contributed by atoms with Gasteiger partial charge in [0.1, 0.15) is 0 Å². The van der Waals surface area contributed by atoms with E-state index >= 15 is 0 Å². The van der Waals surface area contributed by atoms with Gasteiger partial charge in [0, 0.05) is 32.4 Å². The summed E-state index contributed by atoms with van der Waals surface area (Å²) in [6.07, 6.45) is -0.537. The van der Waals surface area contributed by atoms with Crippen LogP contribution in [0.15, 0.2) is 48.5 Å². The monoisotopic (exact) mass is 283 g/mol. The maximum atomic E-state index is 10.5. The van der Waals surface area contributed by atoms with Crippen molar-refractivity contribution in [3.63, 3.8) is 0 Å². The van der Waals surface area contributed by atoms with Crippen LogP contribution in [0.4, 0.5) is 17.1 Å². The number of hydrogen-bond acceptors (Lipinski definition) is 4. The van der Waals surface area contributed by atoms with Crippen LogP contribution in [0.1, 0.15) is 11.7 Å². The minimum atomic E-state index is -0.537. The Bertz CT molecular complexity index is 629. The molecule has 2 aromatic rings. The molecule has 1 aliphatic rings. The molecule has 0 saturated heterocycles. The van der Waals surface area contributed by atoms with Crippen LogP contribution >= 0.6 is 0 Å². The number of para-hydroxylation sites is 2. The molecule has 0 saturated carbocycles. The Hall–Kier alpha value is -2.20. The van der Waals surface area contributed by atoms with E-state index in [2.05, 4.69) is 29.0 Å². The topological polar surface area (TPSA) is 52.7 Å². The van der Waals surface area contributed by atoms with E-state index < -0.39 is 6.10 Å². The zero-order chi connectivity index (χ0) is 14.8. The SMILES string of the molecule is CN1CCN(CC(O)c2cccc(N)c2)c2ccccc21. The van der Waals surface area contributed by atoms with Gasteiger partial charge < -0.3 is 20.6 Å². The lowest BCUT2D eigenvalue weighted by molar-refractivity contribution is 0.183. The average Bonchev–Trinajstić information content (AvgIpc) is 2.50. The molecule has 1 heterocycles. The van der Waals surface area contributed by atoms with Gasteiger partial charge in [-0.15, -0.1) is 0 Å². The van der Waals surface area contributed by atoms with Crippen molar-refractivity contribution < 1.29 is 5.11 Å². The third kappa shape index (κ3) is 2.81. The van der Waals surface area contributed by atoms with Crippen LogP contribution in [0.5, 0.6) is 0 Å². The summed E-state index contributed by atoms with van der Waals surface area (Å²) in [7, 11) is 2.10. The summed E-state index contributed by atoms with van der Waals surface area (Å²) in [4.78, 5) is 4.49. The maximum absolute atomic E-state index is 10.5. The fourth-order valence-corrected chi connectivity index (χ4v) is 2.84. The molecule has 0 bridgehead atoms. The number of nitrogens with zero attached hydrogens (tertiary/aromatic N) is 2. The first kappa shape index (κ1) is 13.8. The molecule has 1 unspecified atom stereocenters. The van der Waals surface area contributed by atoms with Gasteiger partial charge in [-0.25, -0.2) is 0 Å². The molecule has 1 atom stereocenters. The number of likely N-dealkylation sites (N-methyl/N-ethyl adjacent to an activating group) is 1. The maximum Gasteiger partial charge on any atom is 0.0965 e. The molecule has 3 rings (SSSR count). The number of anilines is 3. The van der Waals surface area contributed by atoms with Gasteiger partial charge in [-0.1, -0.05) is 24.3 Å². The Kier molecular flexibility index (Phi) is 3.71. The van der Waals surface area contributed by atoms with E-state index in [1.165, 1.54) is 11.4 Å². The lowest BCUT2D eigenvalue weighted by Crippen LogP contribution is -2.41. The van der Waals surface area contributed by atoms with Crippen LogP contribution in [0, 0.1) is 0 Å². The number of aliphatic hydroxyl groups is 1. The highest BCUT2D eigenvalue weighted by molar-refractivity contribution is 5.73. The molecular formula is C17H21N3O. The molecule has 4 nitrogen and oxygen atoms in total. The van der Waals surface area contributed by atoms with Crippen LogP contribution in [0.2, 0.25) is 0 Å². The highest BCUT2D eigenvalue weighted by atomic mass is 16.3. The van der Waals surface area contributed by atoms with Gasteiger partial charge >= 0.3 is 0 Å². The zero-order valence-corrected chi connectivity index (χ0v) is 12.2. The van der Waals surface area contributed by atoms with Crippen LogP contribution in [0.3, 0.4) is 0 Å². The van der Waals surface area contributed by atoms with Gasteiger partial charge in [0.25, 0.3) is 0 Å². The van der Waals surface area contributed by atoms with Crippen molar-refractivity contribution in [3.05, 3.63) is 54.1 Å². The zero-order valence-electron chi connectivity index (χ0n) is 12.2. The smallest absolute Gasteiger partial charge is 0.0965 e. The summed E-state index contributed by atoms with van der Waals surface area (Å²) in [5, 5.41) is 10.5. The first-order valence-electron chi connectivity index (χ1n) is 7.24. The molecular weight excluding hydrogens is 262 g/mol. The molecule has 110 valence electrons. The van der Waals surface area contributed by atoms with Crippen LogP contribution in [-0.4, -0.2) is 31.8 Å². The van der Waals surface area contributed by atoms with E-state index in [1.807, 2.05) is 36.4 Å². The molecule has 4 heteroatoms. The predicted molar refractivity (Wildman–Crippen MR) is 87.7 cm³/mol. The van der Waals surface area contributed by atoms with Crippen molar-refractivity contribution in [3.8, 4) is 0 Å². The second-order valence-electron chi connectivity index (χ2n) is 5.54. The van der Waals surface area contributed by atoms with E-state index in [4.69, 9.17) is 5.73 Å². The largest absolute Gasteiger partial charge is 0.399 e.